The predicted molar refractivity (Wildman–Crippen MR) is 51.3 cm³/mol. The lowest BCUT2D eigenvalue weighted by Gasteiger charge is -2.26. The molecule has 2 N–H and O–H groups in total. The molecule has 2 atom stereocenters. The number of hydrogen-bond donors (Lipinski definition) is 2. The summed E-state index contributed by atoms with van der Waals surface area (Å²) in [5, 5.41) is 6.26. The second-order valence-corrected chi connectivity index (χ2v) is 4.31. The van der Waals surface area contributed by atoms with E-state index in [-0.39, 0.29) is 5.91 Å². The molecule has 0 bridgehead atoms. The van der Waals surface area contributed by atoms with E-state index in [2.05, 4.69) is 17.6 Å². The topological polar surface area (TPSA) is 41.1 Å². The maximum atomic E-state index is 11.4. The standard InChI is InChI=1S/C10H18N2O/c1-2-8-4-9(8)12-10(13)3-7-5-11-6-7/h7-9,11H,2-6H2,1H3,(H,12,13). The maximum Gasteiger partial charge on any atom is 0.220 e. The van der Waals surface area contributed by atoms with Gasteiger partial charge in [-0.05, 0) is 31.3 Å². The zero-order chi connectivity index (χ0) is 9.26. The van der Waals surface area contributed by atoms with E-state index in [4.69, 9.17) is 0 Å². The van der Waals surface area contributed by atoms with Gasteiger partial charge in [-0.15, -0.1) is 0 Å². The Morgan fingerprint density at radius 2 is 2.31 bits per heavy atom. The van der Waals surface area contributed by atoms with Crippen molar-refractivity contribution in [2.24, 2.45) is 11.8 Å². The van der Waals surface area contributed by atoms with Gasteiger partial charge in [-0.1, -0.05) is 13.3 Å². The minimum absolute atomic E-state index is 0.257. The lowest BCUT2D eigenvalue weighted by atomic mass is 9.99. The van der Waals surface area contributed by atoms with Crippen LogP contribution in [0.4, 0.5) is 0 Å². The Morgan fingerprint density at radius 3 is 2.77 bits per heavy atom. The molecule has 74 valence electrons. The van der Waals surface area contributed by atoms with E-state index < -0.39 is 0 Å². The summed E-state index contributed by atoms with van der Waals surface area (Å²) in [6.45, 7) is 4.23. The van der Waals surface area contributed by atoms with Gasteiger partial charge in [0.25, 0.3) is 0 Å². The zero-order valence-electron chi connectivity index (χ0n) is 8.18. The van der Waals surface area contributed by atoms with Gasteiger partial charge < -0.3 is 10.6 Å². The Labute approximate surface area is 79.3 Å². The third kappa shape index (κ3) is 2.21. The van der Waals surface area contributed by atoms with Gasteiger partial charge in [-0.2, -0.15) is 0 Å². The number of carbonyl (C=O) groups is 1. The average molecular weight is 182 g/mol. The van der Waals surface area contributed by atoms with Gasteiger partial charge in [-0.25, -0.2) is 0 Å². The molecule has 0 aromatic heterocycles. The largest absolute Gasteiger partial charge is 0.353 e. The summed E-state index contributed by atoms with van der Waals surface area (Å²) in [7, 11) is 0. The minimum atomic E-state index is 0.257. The smallest absolute Gasteiger partial charge is 0.220 e. The van der Waals surface area contributed by atoms with Crippen molar-refractivity contribution in [2.75, 3.05) is 13.1 Å². The Kier molecular flexibility index (Phi) is 2.54. The molecule has 0 spiro atoms. The first kappa shape index (κ1) is 9.00. The molecule has 0 aromatic rings. The van der Waals surface area contributed by atoms with Crippen LogP contribution in [-0.4, -0.2) is 25.0 Å². The average Bonchev–Trinajstić information content (AvgIpc) is 2.76. The molecule has 2 rings (SSSR count). The van der Waals surface area contributed by atoms with Crippen molar-refractivity contribution >= 4 is 5.91 Å². The first-order valence-corrected chi connectivity index (χ1v) is 5.29. The lowest BCUT2D eigenvalue weighted by molar-refractivity contribution is -0.122. The fraction of sp³-hybridized carbons (Fsp3) is 0.900. The predicted octanol–water partition coefficient (Wildman–Crippen LogP) is 0.511. The summed E-state index contributed by atoms with van der Waals surface area (Å²) in [5.41, 5.74) is 0. The van der Waals surface area contributed by atoms with E-state index in [1.165, 1.54) is 12.8 Å². The minimum Gasteiger partial charge on any atom is -0.353 e. The van der Waals surface area contributed by atoms with Crippen LogP contribution in [0.1, 0.15) is 26.2 Å². The summed E-state index contributed by atoms with van der Waals surface area (Å²) in [5.74, 6) is 1.62. The van der Waals surface area contributed by atoms with Gasteiger partial charge in [0.1, 0.15) is 0 Å². The molecule has 3 heteroatoms. The highest BCUT2D eigenvalue weighted by Gasteiger charge is 2.36. The third-order valence-corrected chi connectivity index (χ3v) is 3.13. The van der Waals surface area contributed by atoms with Crippen LogP contribution in [0.2, 0.25) is 0 Å². The molecule has 3 nitrogen and oxygen atoms in total. The maximum absolute atomic E-state index is 11.4. The second kappa shape index (κ2) is 3.66. The summed E-state index contributed by atoms with van der Waals surface area (Å²) in [4.78, 5) is 11.4. The van der Waals surface area contributed by atoms with Crippen molar-refractivity contribution in [3.8, 4) is 0 Å². The summed E-state index contributed by atoms with van der Waals surface area (Å²) in [6, 6.07) is 0.505. The Hall–Kier alpha value is -0.570. The number of nitrogens with one attached hydrogen (secondary N) is 2. The molecular weight excluding hydrogens is 164 g/mol. The second-order valence-electron chi connectivity index (χ2n) is 4.31. The molecule has 1 aliphatic carbocycles. The van der Waals surface area contributed by atoms with E-state index in [1.54, 1.807) is 0 Å². The Morgan fingerprint density at radius 1 is 1.54 bits per heavy atom. The fourth-order valence-electron chi connectivity index (χ4n) is 1.90. The van der Waals surface area contributed by atoms with Gasteiger partial charge in [0, 0.05) is 12.5 Å². The van der Waals surface area contributed by atoms with Crippen molar-refractivity contribution in [1.29, 1.82) is 0 Å². The van der Waals surface area contributed by atoms with Crippen LogP contribution >= 0.6 is 0 Å². The molecular formula is C10H18N2O. The lowest BCUT2D eigenvalue weighted by Crippen LogP contribution is -2.44. The highest BCUT2D eigenvalue weighted by molar-refractivity contribution is 5.77. The Bertz CT molecular complexity index is 201. The van der Waals surface area contributed by atoms with Crippen LogP contribution in [-0.2, 0) is 4.79 Å². The zero-order valence-corrected chi connectivity index (χ0v) is 8.18. The molecule has 1 aliphatic heterocycles. The molecule has 1 heterocycles. The molecule has 0 aromatic carbocycles. The van der Waals surface area contributed by atoms with E-state index in [1.807, 2.05) is 0 Å². The summed E-state index contributed by atoms with van der Waals surface area (Å²) < 4.78 is 0. The molecule has 13 heavy (non-hydrogen) atoms. The quantitative estimate of drug-likeness (QED) is 0.665. The number of rotatable bonds is 4. The Balaban J connectivity index is 1.61. The van der Waals surface area contributed by atoms with Gasteiger partial charge in [0.15, 0.2) is 0 Å². The molecule has 2 fully saturated rings. The van der Waals surface area contributed by atoms with Gasteiger partial charge in [0.05, 0.1) is 0 Å². The van der Waals surface area contributed by atoms with Crippen LogP contribution < -0.4 is 10.6 Å². The molecule has 1 amide bonds. The van der Waals surface area contributed by atoms with Crippen molar-refractivity contribution < 1.29 is 4.79 Å². The SMILES string of the molecule is CCC1CC1NC(=O)CC1CNC1. The molecule has 2 aliphatic rings. The van der Waals surface area contributed by atoms with Crippen LogP contribution in [0.15, 0.2) is 0 Å². The highest BCUT2D eigenvalue weighted by atomic mass is 16.1. The van der Waals surface area contributed by atoms with Crippen LogP contribution in [0.5, 0.6) is 0 Å². The normalized spacial score (nSPS) is 32.4. The number of hydrogen-bond acceptors (Lipinski definition) is 2. The summed E-state index contributed by atoms with van der Waals surface area (Å²) >= 11 is 0. The van der Waals surface area contributed by atoms with Crippen molar-refractivity contribution in [3.63, 3.8) is 0 Å². The monoisotopic (exact) mass is 182 g/mol. The van der Waals surface area contributed by atoms with Gasteiger partial charge in [-0.3, -0.25) is 4.79 Å². The van der Waals surface area contributed by atoms with Gasteiger partial charge in [0.2, 0.25) is 5.91 Å². The van der Waals surface area contributed by atoms with Crippen LogP contribution in [0, 0.1) is 11.8 Å². The van der Waals surface area contributed by atoms with Crippen molar-refractivity contribution in [1.82, 2.24) is 10.6 Å². The first-order chi connectivity index (χ1) is 6.29. The van der Waals surface area contributed by atoms with E-state index in [9.17, 15) is 4.79 Å². The third-order valence-electron chi connectivity index (χ3n) is 3.13. The van der Waals surface area contributed by atoms with Crippen molar-refractivity contribution in [2.45, 2.75) is 32.2 Å². The van der Waals surface area contributed by atoms with E-state index >= 15 is 0 Å². The number of carbonyl (C=O) groups excluding carboxylic acids is 1. The molecule has 1 saturated carbocycles. The number of amides is 1. The molecule has 2 unspecified atom stereocenters. The van der Waals surface area contributed by atoms with E-state index in [0.29, 0.717) is 12.0 Å². The molecule has 0 radical (unpaired) electrons. The van der Waals surface area contributed by atoms with E-state index in [0.717, 1.165) is 25.4 Å². The van der Waals surface area contributed by atoms with Crippen LogP contribution in [0.25, 0.3) is 0 Å². The summed E-state index contributed by atoms with van der Waals surface area (Å²) in [6.07, 6.45) is 3.13. The van der Waals surface area contributed by atoms with Gasteiger partial charge >= 0.3 is 0 Å². The fourth-order valence-corrected chi connectivity index (χ4v) is 1.90. The van der Waals surface area contributed by atoms with Crippen LogP contribution in [0.3, 0.4) is 0 Å². The van der Waals surface area contributed by atoms with Crippen molar-refractivity contribution in [3.05, 3.63) is 0 Å². The highest BCUT2D eigenvalue weighted by Crippen LogP contribution is 2.33. The first-order valence-electron chi connectivity index (χ1n) is 5.29. The molecule has 1 saturated heterocycles.